The van der Waals surface area contributed by atoms with Gasteiger partial charge in [0, 0.05) is 11.6 Å². The van der Waals surface area contributed by atoms with Crippen LogP contribution in [0.2, 0.25) is 0 Å². The minimum atomic E-state index is -1.08. The van der Waals surface area contributed by atoms with E-state index in [0.717, 1.165) is 0 Å². The number of amides is 1. The van der Waals surface area contributed by atoms with Gasteiger partial charge in [-0.1, -0.05) is 36.4 Å². The summed E-state index contributed by atoms with van der Waals surface area (Å²) < 4.78 is 6.51. The second-order valence-electron chi connectivity index (χ2n) is 6.04. The highest BCUT2D eigenvalue weighted by Gasteiger charge is 2.23. The number of carboxylic acids is 1. The summed E-state index contributed by atoms with van der Waals surface area (Å²) in [6.07, 6.45) is -0.338. The molecule has 8 heteroatoms. The molecule has 3 rings (SSSR count). The molecule has 3 aromatic rings. The highest BCUT2D eigenvalue weighted by atomic mass is 16.5. The first-order valence-corrected chi connectivity index (χ1v) is 8.52. The van der Waals surface area contributed by atoms with Crippen molar-refractivity contribution >= 4 is 11.9 Å². The number of carbonyl (C=O) groups excluding carboxylic acids is 1. The Morgan fingerprint density at radius 1 is 1.14 bits per heavy atom. The second-order valence-corrected chi connectivity index (χ2v) is 6.04. The number of nitrogens with zero attached hydrogens (tertiary/aromatic N) is 1. The van der Waals surface area contributed by atoms with Crippen molar-refractivity contribution in [2.24, 2.45) is 0 Å². The largest absolute Gasteiger partial charge is 0.496 e. The molecule has 0 aliphatic rings. The number of aliphatic carboxylic acids is 1. The molecule has 0 radical (unpaired) electrons. The smallest absolute Gasteiger partial charge is 0.305 e. The zero-order valence-corrected chi connectivity index (χ0v) is 15.1. The summed E-state index contributed by atoms with van der Waals surface area (Å²) in [6, 6.07) is 16.0. The molecule has 0 aliphatic carbocycles. The van der Waals surface area contributed by atoms with E-state index in [0.29, 0.717) is 17.0 Å². The molecule has 0 spiro atoms. The number of carboxylic acid groups (broad SMARTS) is 1. The molecule has 1 atom stereocenters. The minimum Gasteiger partial charge on any atom is -0.496 e. The Hall–Kier alpha value is -3.81. The number of ether oxygens (including phenoxy) is 1. The third kappa shape index (κ3) is 4.12. The number of carbonyl (C=O) groups is 2. The highest BCUT2D eigenvalue weighted by molar-refractivity contribution is 5.92. The van der Waals surface area contributed by atoms with E-state index in [1.54, 1.807) is 48.5 Å². The Labute approximate surface area is 160 Å². The van der Waals surface area contributed by atoms with Crippen molar-refractivity contribution in [3.8, 4) is 11.4 Å². The molecular weight excluding hydrogens is 362 g/mol. The van der Waals surface area contributed by atoms with Crippen LogP contribution in [-0.4, -0.2) is 33.9 Å². The van der Waals surface area contributed by atoms with Gasteiger partial charge in [-0.3, -0.25) is 19.5 Å². The van der Waals surface area contributed by atoms with Gasteiger partial charge in [-0.25, -0.2) is 4.68 Å². The molecule has 0 saturated carbocycles. The SMILES string of the molecule is COc1ccccc1[C@H](CC(=O)O)NC(=O)c1cc(=O)n(-c2ccccc2)[nH]1. The van der Waals surface area contributed by atoms with Crippen LogP contribution in [0.3, 0.4) is 0 Å². The molecule has 2 aromatic carbocycles. The Kier molecular flexibility index (Phi) is 5.59. The van der Waals surface area contributed by atoms with Gasteiger partial charge in [0.2, 0.25) is 0 Å². The summed E-state index contributed by atoms with van der Waals surface area (Å²) in [5, 5.41) is 14.6. The van der Waals surface area contributed by atoms with Crippen molar-refractivity contribution in [1.82, 2.24) is 15.1 Å². The van der Waals surface area contributed by atoms with Gasteiger partial charge >= 0.3 is 5.97 Å². The van der Waals surface area contributed by atoms with E-state index in [-0.39, 0.29) is 12.1 Å². The van der Waals surface area contributed by atoms with Crippen LogP contribution in [0.5, 0.6) is 5.75 Å². The quantitative estimate of drug-likeness (QED) is 0.580. The maximum atomic E-state index is 12.7. The minimum absolute atomic E-state index is 0.0270. The van der Waals surface area contributed by atoms with E-state index in [1.807, 2.05) is 6.07 Å². The van der Waals surface area contributed by atoms with Gasteiger partial charge in [0.1, 0.15) is 11.4 Å². The average Bonchev–Trinajstić information content (AvgIpc) is 3.09. The first-order valence-electron chi connectivity index (χ1n) is 8.52. The summed E-state index contributed by atoms with van der Waals surface area (Å²) in [4.78, 5) is 36.2. The van der Waals surface area contributed by atoms with Crippen LogP contribution in [0.1, 0.15) is 28.5 Å². The third-order valence-electron chi connectivity index (χ3n) is 4.18. The molecule has 0 fully saturated rings. The molecule has 3 N–H and O–H groups in total. The summed E-state index contributed by atoms with van der Waals surface area (Å²) in [7, 11) is 1.47. The topological polar surface area (TPSA) is 113 Å². The maximum absolute atomic E-state index is 12.7. The van der Waals surface area contributed by atoms with Crippen molar-refractivity contribution in [2.45, 2.75) is 12.5 Å². The normalized spacial score (nSPS) is 11.6. The Bertz CT molecular complexity index is 1040. The van der Waals surface area contributed by atoms with Crippen molar-refractivity contribution < 1.29 is 19.4 Å². The Morgan fingerprint density at radius 2 is 1.82 bits per heavy atom. The number of aromatic nitrogens is 2. The Morgan fingerprint density at radius 3 is 2.50 bits per heavy atom. The molecule has 0 aliphatic heterocycles. The summed E-state index contributed by atoms with van der Waals surface area (Å²) in [6.45, 7) is 0. The van der Waals surface area contributed by atoms with Crippen molar-refractivity contribution in [3.05, 3.63) is 82.3 Å². The van der Waals surface area contributed by atoms with Gasteiger partial charge < -0.3 is 15.2 Å². The van der Waals surface area contributed by atoms with Gasteiger partial charge in [0.25, 0.3) is 11.5 Å². The molecular formula is C20H19N3O5. The van der Waals surface area contributed by atoms with Gasteiger partial charge in [-0.05, 0) is 18.2 Å². The zero-order valence-electron chi connectivity index (χ0n) is 15.1. The van der Waals surface area contributed by atoms with Crippen LogP contribution in [0.15, 0.2) is 65.5 Å². The monoisotopic (exact) mass is 381 g/mol. The number of hydrogen-bond acceptors (Lipinski definition) is 4. The molecule has 144 valence electrons. The fraction of sp³-hybridized carbons (Fsp3) is 0.150. The lowest BCUT2D eigenvalue weighted by molar-refractivity contribution is -0.137. The van der Waals surface area contributed by atoms with Crippen molar-refractivity contribution in [2.75, 3.05) is 7.11 Å². The summed E-state index contributed by atoms with van der Waals surface area (Å²) in [5.41, 5.74) is 0.742. The van der Waals surface area contributed by atoms with Crippen LogP contribution in [0, 0.1) is 0 Å². The van der Waals surface area contributed by atoms with E-state index >= 15 is 0 Å². The van der Waals surface area contributed by atoms with Crippen LogP contribution in [-0.2, 0) is 4.79 Å². The average molecular weight is 381 g/mol. The summed E-state index contributed by atoms with van der Waals surface area (Å²) in [5.74, 6) is -1.21. The highest BCUT2D eigenvalue weighted by Crippen LogP contribution is 2.27. The zero-order chi connectivity index (χ0) is 20.1. The molecule has 1 aromatic heterocycles. The van der Waals surface area contributed by atoms with Gasteiger partial charge in [0.05, 0.1) is 25.3 Å². The number of methoxy groups -OCH3 is 1. The lowest BCUT2D eigenvalue weighted by Crippen LogP contribution is -2.30. The standard InChI is InChI=1S/C20H19N3O5/c1-28-17-10-6-5-9-14(17)15(12-19(25)26)21-20(27)16-11-18(24)23(22-16)13-7-3-2-4-8-13/h2-11,15,22H,12H2,1H3,(H,21,27)(H,25,26)/t15-/m0/s1. The van der Waals surface area contributed by atoms with E-state index in [9.17, 15) is 19.5 Å². The molecule has 8 nitrogen and oxygen atoms in total. The van der Waals surface area contributed by atoms with Gasteiger partial charge in [0.15, 0.2) is 0 Å². The molecule has 1 amide bonds. The first kappa shape index (κ1) is 19.0. The van der Waals surface area contributed by atoms with Crippen LogP contribution < -0.4 is 15.6 Å². The van der Waals surface area contributed by atoms with Gasteiger partial charge in [-0.15, -0.1) is 0 Å². The lowest BCUT2D eigenvalue weighted by Gasteiger charge is -2.19. The predicted molar refractivity (Wildman–Crippen MR) is 102 cm³/mol. The Balaban J connectivity index is 1.89. The number of hydrogen-bond donors (Lipinski definition) is 3. The first-order chi connectivity index (χ1) is 13.5. The number of rotatable bonds is 7. The van der Waals surface area contributed by atoms with E-state index in [2.05, 4.69) is 10.4 Å². The number of benzene rings is 2. The number of H-pyrrole nitrogens is 1. The third-order valence-corrected chi connectivity index (χ3v) is 4.18. The van der Waals surface area contributed by atoms with Gasteiger partial charge in [-0.2, -0.15) is 0 Å². The van der Waals surface area contributed by atoms with Crippen LogP contribution >= 0.6 is 0 Å². The summed E-state index contributed by atoms with van der Waals surface area (Å²) >= 11 is 0. The molecule has 0 unspecified atom stereocenters. The van der Waals surface area contributed by atoms with Crippen LogP contribution in [0.4, 0.5) is 0 Å². The van der Waals surface area contributed by atoms with Crippen molar-refractivity contribution in [3.63, 3.8) is 0 Å². The lowest BCUT2D eigenvalue weighted by atomic mass is 10.0. The molecule has 1 heterocycles. The fourth-order valence-electron chi connectivity index (χ4n) is 2.88. The molecule has 0 saturated heterocycles. The fourth-order valence-corrected chi connectivity index (χ4v) is 2.88. The van der Waals surface area contributed by atoms with E-state index in [4.69, 9.17) is 4.74 Å². The second kappa shape index (κ2) is 8.26. The number of aromatic amines is 1. The van der Waals surface area contributed by atoms with Crippen molar-refractivity contribution in [1.29, 1.82) is 0 Å². The molecule has 28 heavy (non-hydrogen) atoms. The predicted octanol–water partition coefficient (Wildman–Crippen LogP) is 2.12. The molecule has 0 bridgehead atoms. The number of nitrogens with one attached hydrogen (secondary N) is 2. The van der Waals surface area contributed by atoms with Crippen LogP contribution in [0.25, 0.3) is 5.69 Å². The van der Waals surface area contributed by atoms with E-state index < -0.39 is 23.5 Å². The maximum Gasteiger partial charge on any atom is 0.305 e. The number of para-hydroxylation sites is 2. The van der Waals surface area contributed by atoms with E-state index in [1.165, 1.54) is 17.9 Å².